The summed E-state index contributed by atoms with van der Waals surface area (Å²) in [5.41, 5.74) is 2.10. The summed E-state index contributed by atoms with van der Waals surface area (Å²) in [5, 5.41) is 8.73. The van der Waals surface area contributed by atoms with Gasteiger partial charge in [-0.1, -0.05) is 64.5 Å². The van der Waals surface area contributed by atoms with E-state index in [1.807, 2.05) is 42.5 Å². The molecule has 0 heterocycles. The van der Waals surface area contributed by atoms with E-state index in [1.165, 1.54) is 0 Å². The highest BCUT2D eigenvalue weighted by Crippen LogP contribution is 2.36. The predicted octanol–water partition coefficient (Wildman–Crippen LogP) is 3.20. The van der Waals surface area contributed by atoms with Crippen molar-refractivity contribution in [3.8, 4) is 0 Å². The number of alkyl halides is 1. The van der Waals surface area contributed by atoms with Gasteiger partial charge in [0.15, 0.2) is 3.66 Å². The number of hydrogen-bond donors (Lipinski definition) is 2. The molecule has 0 aliphatic heterocycles. The van der Waals surface area contributed by atoms with Crippen molar-refractivity contribution in [2.24, 2.45) is 0 Å². The minimum absolute atomic E-state index is 0.144. The van der Waals surface area contributed by atoms with E-state index in [2.05, 4.69) is 20.7 Å². The van der Waals surface area contributed by atoms with Gasteiger partial charge >= 0.3 is 0 Å². The first-order chi connectivity index (χ1) is 11.0. The van der Waals surface area contributed by atoms with Gasteiger partial charge in [-0.25, -0.2) is 13.1 Å². The van der Waals surface area contributed by atoms with Gasteiger partial charge in [-0.05, 0) is 30.4 Å². The first-order valence-electron chi connectivity index (χ1n) is 7.72. The lowest BCUT2D eigenvalue weighted by molar-refractivity contribution is 0.283. The highest BCUT2D eigenvalue weighted by Gasteiger charge is 2.39. The van der Waals surface area contributed by atoms with Crippen LogP contribution in [0.4, 0.5) is 0 Å². The molecule has 0 saturated heterocycles. The van der Waals surface area contributed by atoms with Crippen LogP contribution in [0.1, 0.15) is 31.2 Å². The van der Waals surface area contributed by atoms with Crippen molar-refractivity contribution in [2.75, 3.05) is 13.2 Å². The number of halogens is 1. The van der Waals surface area contributed by atoms with Crippen molar-refractivity contribution in [1.29, 1.82) is 0 Å². The molecule has 1 atom stereocenters. The molecule has 23 heavy (non-hydrogen) atoms. The molecular weight excluding hydrogens is 378 g/mol. The molecule has 0 fully saturated rings. The fourth-order valence-corrected chi connectivity index (χ4v) is 4.22. The quantitative estimate of drug-likeness (QED) is 0.520. The van der Waals surface area contributed by atoms with Gasteiger partial charge in [-0.15, -0.1) is 0 Å². The van der Waals surface area contributed by atoms with Crippen LogP contribution in [0, 0.1) is 0 Å². The summed E-state index contributed by atoms with van der Waals surface area (Å²) in [5.74, 6) is 0. The number of aliphatic hydroxyl groups is 1. The van der Waals surface area contributed by atoms with Crippen LogP contribution in [0.15, 0.2) is 48.6 Å². The lowest BCUT2D eigenvalue weighted by Gasteiger charge is -2.26. The van der Waals surface area contributed by atoms with Gasteiger partial charge in [0, 0.05) is 19.6 Å². The smallest absolute Gasteiger partial charge is 0.231 e. The molecule has 126 valence electrons. The fourth-order valence-electron chi connectivity index (χ4n) is 2.38. The Kier molecular flexibility index (Phi) is 6.59. The molecule has 2 N–H and O–H groups in total. The summed E-state index contributed by atoms with van der Waals surface area (Å²) in [6.45, 7) is 0.531. The monoisotopic (exact) mass is 399 g/mol. The maximum Gasteiger partial charge on any atom is 0.231 e. The van der Waals surface area contributed by atoms with E-state index >= 15 is 0 Å². The topological polar surface area (TPSA) is 66.4 Å². The lowest BCUT2D eigenvalue weighted by Crippen LogP contribution is -2.41. The van der Waals surface area contributed by atoms with Crippen LogP contribution in [0.5, 0.6) is 0 Å². The lowest BCUT2D eigenvalue weighted by atomic mass is 9.99. The van der Waals surface area contributed by atoms with Gasteiger partial charge < -0.3 is 5.11 Å². The molecule has 0 saturated carbocycles. The number of allylic oxidation sites excluding steroid dienone is 3. The van der Waals surface area contributed by atoms with Crippen molar-refractivity contribution in [1.82, 2.24) is 4.72 Å². The Morgan fingerprint density at radius 3 is 2.52 bits per heavy atom. The largest absolute Gasteiger partial charge is 0.396 e. The summed E-state index contributed by atoms with van der Waals surface area (Å²) < 4.78 is 26.5. The number of rotatable bonds is 8. The van der Waals surface area contributed by atoms with E-state index in [1.54, 1.807) is 6.08 Å². The second-order valence-electron chi connectivity index (χ2n) is 5.53. The van der Waals surface area contributed by atoms with Crippen molar-refractivity contribution in [3.05, 3.63) is 54.1 Å². The minimum atomic E-state index is -3.50. The summed E-state index contributed by atoms with van der Waals surface area (Å²) in [7, 11) is -3.50. The number of sulfonamides is 1. The highest BCUT2D eigenvalue weighted by atomic mass is 79.9. The number of benzene rings is 1. The first kappa shape index (κ1) is 18.4. The SMILES string of the molecule is O=S(=O)(NCCCCCO)C1(Br)C=CC(c2ccccc2)=CC1. The van der Waals surface area contributed by atoms with Gasteiger partial charge in [0.25, 0.3) is 0 Å². The second-order valence-corrected chi connectivity index (χ2v) is 9.50. The van der Waals surface area contributed by atoms with Crippen LogP contribution in [-0.4, -0.2) is 30.3 Å². The van der Waals surface area contributed by atoms with Crippen molar-refractivity contribution >= 4 is 31.5 Å². The molecule has 4 nitrogen and oxygen atoms in total. The summed E-state index contributed by atoms with van der Waals surface area (Å²) >= 11 is 3.38. The Morgan fingerprint density at radius 2 is 1.91 bits per heavy atom. The van der Waals surface area contributed by atoms with Gasteiger partial charge in [-0.3, -0.25) is 0 Å². The Hall–Kier alpha value is -0.950. The molecule has 0 radical (unpaired) electrons. The van der Waals surface area contributed by atoms with Gasteiger partial charge in [0.05, 0.1) is 0 Å². The van der Waals surface area contributed by atoms with E-state index in [0.717, 1.165) is 24.0 Å². The molecule has 0 amide bonds. The Morgan fingerprint density at radius 1 is 1.17 bits per heavy atom. The zero-order valence-corrected chi connectivity index (χ0v) is 15.3. The Balaban J connectivity index is 1.98. The summed E-state index contributed by atoms with van der Waals surface area (Å²) in [6.07, 6.45) is 8.09. The van der Waals surface area contributed by atoms with E-state index in [9.17, 15) is 8.42 Å². The molecule has 1 unspecified atom stereocenters. The molecule has 1 aromatic rings. The molecule has 1 aliphatic carbocycles. The minimum Gasteiger partial charge on any atom is -0.396 e. The molecule has 6 heteroatoms. The average molecular weight is 400 g/mol. The number of hydrogen-bond acceptors (Lipinski definition) is 3. The molecule has 2 rings (SSSR count). The molecule has 1 aromatic carbocycles. The summed E-state index contributed by atoms with van der Waals surface area (Å²) in [4.78, 5) is 0. The van der Waals surface area contributed by atoms with Crippen LogP contribution in [-0.2, 0) is 10.0 Å². The van der Waals surface area contributed by atoms with Crippen LogP contribution < -0.4 is 4.72 Å². The maximum atomic E-state index is 12.5. The second kappa shape index (κ2) is 8.24. The zero-order valence-electron chi connectivity index (χ0n) is 12.9. The van der Waals surface area contributed by atoms with E-state index in [0.29, 0.717) is 19.4 Å². The molecule has 1 aliphatic rings. The molecule has 0 aromatic heterocycles. The predicted molar refractivity (Wildman–Crippen MR) is 97.7 cm³/mol. The fraction of sp³-hybridized carbons (Fsp3) is 0.412. The maximum absolute atomic E-state index is 12.5. The van der Waals surface area contributed by atoms with Crippen LogP contribution >= 0.6 is 15.9 Å². The van der Waals surface area contributed by atoms with Crippen molar-refractivity contribution in [3.63, 3.8) is 0 Å². The number of nitrogens with one attached hydrogen (secondary N) is 1. The summed E-state index contributed by atoms with van der Waals surface area (Å²) in [6, 6.07) is 9.89. The number of unbranched alkanes of at least 4 members (excludes halogenated alkanes) is 2. The third kappa shape index (κ3) is 4.76. The normalized spacial score (nSPS) is 21.2. The third-order valence-electron chi connectivity index (χ3n) is 3.79. The number of aliphatic hydroxyl groups excluding tert-OH is 1. The standard InChI is InChI=1S/C17H22BrNO3S/c18-17(23(21,22)19-13-5-2-6-14-20)11-9-16(10-12-17)15-7-3-1-4-8-15/h1,3-4,7-11,19-20H,2,5-6,12-14H2. The van der Waals surface area contributed by atoms with Crippen molar-refractivity contribution < 1.29 is 13.5 Å². The average Bonchev–Trinajstić information content (AvgIpc) is 2.56. The van der Waals surface area contributed by atoms with E-state index < -0.39 is 13.7 Å². The van der Waals surface area contributed by atoms with Crippen LogP contribution in [0.2, 0.25) is 0 Å². The Bertz CT molecular complexity index is 670. The van der Waals surface area contributed by atoms with Crippen molar-refractivity contribution in [2.45, 2.75) is 29.3 Å². The van der Waals surface area contributed by atoms with Gasteiger partial charge in [0.2, 0.25) is 10.0 Å². The van der Waals surface area contributed by atoms with Crippen LogP contribution in [0.3, 0.4) is 0 Å². The van der Waals surface area contributed by atoms with E-state index in [-0.39, 0.29) is 6.61 Å². The Labute approximate surface area is 146 Å². The zero-order chi connectivity index (χ0) is 16.8. The van der Waals surface area contributed by atoms with E-state index in [4.69, 9.17) is 5.11 Å². The van der Waals surface area contributed by atoms with Crippen LogP contribution in [0.25, 0.3) is 5.57 Å². The molecular formula is C17H22BrNO3S. The first-order valence-corrected chi connectivity index (χ1v) is 10.00. The van der Waals surface area contributed by atoms with Gasteiger partial charge in [0.1, 0.15) is 0 Å². The molecule has 0 spiro atoms. The highest BCUT2D eigenvalue weighted by molar-refractivity contribution is 9.11. The van der Waals surface area contributed by atoms with Gasteiger partial charge in [-0.2, -0.15) is 0 Å². The molecule has 0 bridgehead atoms. The third-order valence-corrected chi connectivity index (χ3v) is 7.44.